The van der Waals surface area contributed by atoms with Gasteiger partial charge in [-0.05, 0) is 82.1 Å². The summed E-state index contributed by atoms with van der Waals surface area (Å²) < 4.78 is 260. The van der Waals surface area contributed by atoms with Crippen molar-refractivity contribution in [1.29, 1.82) is 0 Å². The van der Waals surface area contributed by atoms with E-state index in [9.17, 15) is 88.6 Å². The molecule has 1 aliphatic rings. The van der Waals surface area contributed by atoms with Gasteiger partial charge in [0, 0.05) is 36.8 Å². The Hall–Kier alpha value is -3.64. The van der Waals surface area contributed by atoms with Crippen LogP contribution in [0.15, 0.2) is 30.3 Å². The summed E-state index contributed by atoms with van der Waals surface area (Å²) in [6, 6.07) is 6.13. The summed E-state index contributed by atoms with van der Waals surface area (Å²) in [5.74, 6) is -44.0. The molecular formula is C40H49F18NO6. The molecular weight excluding hydrogens is 932 g/mol. The standard InChI is InChI=1S/C40H49F18NO6/c1-5-31(2,3)30(61)59-26-12-16-28(17-13-26)65-29(60)18-11-25-9-14-27(15-10-25)62-22-8-6-7-19-32(4,63-23-20-33(41,42)35(45,46)37(49,50)39(53,54)55)64-24-21-34(43,44)36(47,48)38(51,52)40(56,57)58/h9-11,14-15,18,26,28H,5-8,12-13,16-17,19-24H2,1-4H3,(H,59,61)/b18-11+/t26-,28-. The number of alkyl halides is 18. The number of benzene rings is 1. The minimum absolute atomic E-state index is 0.0216. The van der Waals surface area contributed by atoms with E-state index in [4.69, 9.17) is 18.9 Å². The molecule has 1 aliphatic carbocycles. The van der Waals surface area contributed by atoms with Crippen LogP contribution in [0.2, 0.25) is 0 Å². The molecule has 376 valence electrons. The second kappa shape index (κ2) is 21.5. The fraction of sp³-hybridized carbons (Fsp3) is 0.750. The zero-order chi connectivity index (χ0) is 50.1. The molecule has 0 aromatic heterocycles. The minimum Gasteiger partial charge on any atom is -0.494 e. The van der Waals surface area contributed by atoms with Crippen LogP contribution in [-0.4, -0.2) is 97.5 Å². The molecule has 0 heterocycles. The quantitative estimate of drug-likeness (QED) is 0.0346. The topological polar surface area (TPSA) is 83.1 Å². The molecule has 0 spiro atoms. The van der Waals surface area contributed by atoms with Gasteiger partial charge in [-0.2, -0.15) is 79.0 Å². The fourth-order valence-electron chi connectivity index (χ4n) is 5.93. The predicted molar refractivity (Wildman–Crippen MR) is 195 cm³/mol. The highest BCUT2D eigenvalue weighted by molar-refractivity contribution is 5.87. The summed E-state index contributed by atoms with van der Waals surface area (Å²) in [4.78, 5) is 24.8. The summed E-state index contributed by atoms with van der Waals surface area (Å²) in [7, 11) is 0. The van der Waals surface area contributed by atoms with Gasteiger partial charge in [-0.3, -0.25) is 4.79 Å². The second-order valence-corrected chi connectivity index (χ2v) is 16.2. The third-order valence-electron chi connectivity index (χ3n) is 10.7. The van der Waals surface area contributed by atoms with Crippen molar-refractivity contribution in [3.05, 3.63) is 35.9 Å². The first kappa shape index (κ1) is 57.5. The highest BCUT2D eigenvalue weighted by atomic mass is 19.4. The molecule has 65 heavy (non-hydrogen) atoms. The van der Waals surface area contributed by atoms with Crippen molar-refractivity contribution in [3.8, 4) is 5.75 Å². The molecule has 0 unspecified atom stereocenters. The number of hydrogen-bond donors (Lipinski definition) is 1. The lowest BCUT2D eigenvalue weighted by molar-refractivity contribution is -0.399. The smallest absolute Gasteiger partial charge is 0.460 e. The van der Waals surface area contributed by atoms with Crippen LogP contribution in [0.5, 0.6) is 5.75 Å². The van der Waals surface area contributed by atoms with E-state index in [1.54, 1.807) is 12.1 Å². The van der Waals surface area contributed by atoms with Crippen molar-refractivity contribution in [2.75, 3.05) is 19.8 Å². The number of carbonyl (C=O) groups is 2. The van der Waals surface area contributed by atoms with Gasteiger partial charge in [0.25, 0.3) is 0 Å². The predicted octanol–water partition coefficient (Wildman–Crippen LogP) is 12.5. The van der Waals surface area contributed by atoms with Crippen molar-refractivity contribution >= 4 is 18.0 Å². The summed E-state index contributed by atoms with van der Waals surface area (Å²) in [5.41, 5.74) is 0.0610. The van der Waals surface area contributed by atoms with Gasteiger partial charge in [-0.15, -0.1) is 0 Å². The lowest BCUT2D eigenvalue weighted by Gasteiger charge is -2.36. The Balaban J connectivity index is 1.97. The summed E-state index contributed by atoms with van der Waals surface area (Å²) in [6.45, 7) is 2.43. The highest BCUT2D eigenvalue weighted by Crippen LogP contribution is 2.55. The number of nitrogens with one attached hydrogen (secondary N) is 1. The molecule has 1 fully saturated rings. The lowest BCUT2D eigenvalue weighted by atomic mass is 9.87. The summed E-state index contributed by atoms with van der Waals surface area (Å²) >= 11 is 0. The molecule has 1 N–H and O–H groups in total. The van der Waals surface area contributed by atoms with Gasteiger partial charge in [0.1, 0.15) is 11.9 Å². The Labute approximate surface area is 361 Å². The molecule has 0 radical (unpaired) electrons. The highest BCUT2D eigenvalue weighted by Gasteiger charge is 2.82. The molecule has 7 nitrogen and oxygen atoms in total. The van der Waals surface area contributed by atoms with Gasteiger partial charge >= 0.3 is 53.9 Å². The van der Waals surface area contributed by atoms with Crippen LogP contribution < -0.4 is 10.1 Å². The van der Waals surface area contributed by atoms with Crippen LogP contribution in [0, 0.1) is 5.41 Å². The number of hydrogen-bond acceptors (Lipinski definition) is 6. The average Bonchev–Trinajstić information content (AvgIpc) is 3.18. The SMILES string of the molecule is CCC(C)(C)C(=O)N[C@H]1CC[C@H](OC(=O)/C=C/c2ccc(OCCCCCC(C)(OCCC(F)(F)C(F)(F)C(F)(F)C(F)(F)F)OCCC(F)(F)C(F)(F)C(F)(F)C(F)(F)F)cc2)CC1. The molecule has 1 amide bonds. The van der Waals surface area contributed by atoms with Gasteiger partial charge in [0.15, 0.2) is 5.79 Å². The van der Waals surface area contributed by atoms with Gasteiger partial charge in [0.05, 0.1) is 19.8 Å². The molecule has 1 aromatic carbocycles. The monoisotopic (exact) mass is 981 g/mol. The number of rotatable bonds is 25. The third kappa shape index (κ3) is 14.7. The second-order valence-electron chi connectivity index (χ2n) is 16.2. The molecule has 2 rings (SSSR count). The van der Waals surface area contributed by atoms with Gasteiger partial charge in [0.2, 0.25) is 5.91 Å². The molecule has 1 saturated carbocycles. The third-order valence-corrected chi connectivity index (χ3v) is 10.7. The van der Waals surface area contributed by atoms with E-state index in [0.29, 0.717) is 50.3 Å². The van der Waals surface area contributed by atoms with Gasteiger partial charge < -0.3 is 24.3 Å². The van der Waals surface area contributed by atoms with E-state index >= 15 is 0 Å². The molecule has 1 aromatic rings. The fourth-order valence-corrected chi connectivity index (χ4v) is 5.93. The number of carbonyl (C=O) groups excluding carboxylic acids is 2. The average molecular weight is 982 g/mol. The number of halogens is 18. The largest absolute Gasteiger partial charge is 0.494 e. The molecule has 0 bridgehead atoms. The van der Waals surface area contributed by atoms with Gasteiger partial charge in [-0.1, -0.05) is 32.9 Å². The Kier molecular flexibility index (Phi) is 19.1. The number of esters is 1. The van der Waals surface area contributed by atoms with E-state index in [-0.39, 0.29) is 43.9 Å². The van der Waals surface area contributed by atoms with Crippen molar-refractivity contribution in [2.45, 2.75) is 164 Å². The number of ether oxygens (including phenoxy) is 4. The lowest BCUT2D eigenvalue weighted by Crippen LogP contribution is -2.61. The van der Waals surface area contributed by atoms with Crippen LogP contribution in [0.3, 0.4) is 0 Å². The Morgan fingerprint density at radius 1 is 0.615 bits per heavy atom. The van der Waals surface area contributed by atoms with Crippen LogP contribution in [0.25, 0.3) is 6.08 Å². The minimum atomic E-state index is -7.27. The van der Waals surface area contributed by atoms with Gasteiger partial charge in [-0.25, -0.2) is 4.79 Å². The van der Waals surface area contributed by atoms with E-state index in [0.717, 1.165) is 0 Å². The maximum absolute atomic E-state index is 14.1. The zero-order valence-electron chi connectivity index (χ0n) is 35.3. The van der Waals surface area contributed by atoms with Crippen molar-refractivity contribution < 1.29 is 108 Å². The summed E-state index contributed by atoms with van der Waals surface area (Å²) in [6.07, 6.45) is -14.9. The maximum atomic E-state index is 14.1. The van der Waals surface area contributed by atoms with Crippen LogP contribution in [-0.2, 0) is 23.8 Å². The van der Waals surface area contributed by atoms with Crippen LogP contribution in [0.4, 0.5) is 79.0 Å². The Morgan fingerprint density at radius 2 is 1.08 bits per heavy atom. The zero-order valence-corrected chi connectivity index (χ0v) is 35.3. The van der Waals surface area contributed by atoms with Crippen molar-refractivity contribution in [1.82, 2.24) is 5.32 Å². The van der Waals surface area contributed by atoms with Crippen LogP contribution >= 0.6 is 0 Å². The molecule has 25 heteroatoms. The van der Waals surface area contributed by atoms with E-state index in [1.165, 1.54) is 24.3 Å². The molecule has 0 atom stereocenters. The number of unbranched alkanes of at least 4 members (excludes halogenated alkanes) is 2. The first-order chi connectivity index (χ1) is 29.4. The van der Waals surface area contributed by atoms with E-state index < -0.39 is 97.5 Å². The summed E-state index contributed by atoms with van der Waals surface area (Å²) in [5, 5.41) is 3.03. The molecule has 0 saturated heterocycles. The Morgan fingerprint density at radius 3 is 1.51 bits per heavy atom. The molecule has 0 aliphatic heterocycles. The first-order valence-corrected chi connectivity index (χ1v) is 20.0. The van der Waals surface area contributed by atoms with E-state index in [2.05, 4.69) is 5.32 Å². The first-order valence-electron chi connectivity index (χ1n) is 20.0. The Bertz CT molecular complexity index is 1650. The number of amides is 1. The maximum Gasteiger partial charge on any atom is 0.460 e. The van der Waals surface area contributed by atoms with Crippen molar-refractivity contribution in [3.63, 3.8) is 0 Å². The normalized spacial score (nSPS) is 17.9. The van der Waals surface area contributed by atoms with Crippen LogP contribution in [0.1, 0.15) is 104 Å². The van der Waals surface area contributed by atoms with Crippen molar-refractivity contribution in [2.24, 2.45) is 5.41 Å². The van der Waals surface area contributed by atoms with E-state index in [1.807, 2.05) is 20.8 Å².